The van der Waals surface area contributed by atoms with E-state index in [1.54, 1.807) is 0 Å². The zero-order valence-electron chi connectivity index (χ0n) is 10.3. The van der Waals surface area contributed by atoms with E-state index < -0.39 is 0 Å². The Balaban J connectivity index is 1.94. The maximum absolute atomic E-state index is 5.85. The normalized spacial score (nSPS) is 17.8. The van der Waals surface area contributed by atoms with Gasteiger partial charge >= 0.3 is 0 Å². The molecule has 1 aromatic carbocycles. The third-order valence-electron chi connectivity index (χ3n) is 3.53. The summed E-state index contributed by atoms with van der Waals surface area (Å²) < 4.78 is 0. The largest absolute Gasteiger partial charge is 0.329 e. The summed E-state index contributed by atoms with van der Waals surface area (Å²) in [5.41, 5.74) is 8.56. The molecule has 1 unspecified atom stereocenters. The Hall–Kier alpha value is -0.860. The summed E-state index contributed by atoms with van der Waals surface area (Å²) >= 11 is 0. The van der Waals surface area contributed by atoms with Crippen molar-refractivity contribution in [3.05, 3.63) is 35.4 Å². The van der Waals surface area contributed by atoms with E-state index in [1.807, 2.05) is 0 Å². The van der Waals surface area contributed by atoms with E-state index in [0.717, 1.165) is 19.0 Å². The van der Waals surface area contributed by atoms with Crippen LogP contribution in [0.1, 0.15) is 24.0 Å². The van der Waals surface area contributed by atoms with Crippen molar-refractivity contribution in [1.82, 2.24) is 4.90 Å². The lowest BCUT2D eigenvalue weighted by atomic mass is 10.1. The van der Waals surface area contributed by atoms with Crippen molar-refractivity contribution in [3.8, 4) is 0 Å². The van der Waals surface area contributed by atoms with Crippen LogP contribution in [0, 0.1) is 12.8 Å². The molecular formula is C14H22N2. The fraction of sp³-hybridized carbons (Fsp3) is 0.571. The van der Waals surface area contributed by atoms with Gasteiger partial charge in [0.1, 0.15) is 0 Å². The Morgan fingerprint density at radius 3 is 2.44 bits per heavy atom. The first-order valence-corrected chi connectivity index (χ1v) is 6.16. The molecule has 0 spiro atoms. The second-order valence-corrected chi connectivity index (χ2v) is 5.04. The molecule has 2 N–H and O–H groups in total. The lowest BCUT2D eigenvalue weighted by Gasteiger charge is -2.27. The fourth-order valence-corrected chi connectivity index (χ4v) is 2.31. The van der Waals surface area contributed by atoms with Crippen LogP contribution in [0.15, 0.2) is 24.3 Å². The number of benzene rings is 1. The second kappa shape index (κ2) is 4.98. The van der Waals surface area contributed by atoms with E-state index in [0.29, 0.717) is 6.04 Å². The van der Waals surface area contributed by atoms with Crippen LogP contribution in [0.4, 0.5) is 0 Å². The monoisotopic (exact) mass is 218 g/mol. The zero-order chi connectivity index (χ0) is 11.5. The van der Waals surface area contributed by atoms with Crippen molar-refractivity contribution in [1.29, 1.82) is 0 Å². The molecule has 0 heterocycles. The van der Waals surface area contributed by atoms with E-state index >= 15 is 0 Å². The first-order valence-electron chi connectivity index (χ1n) is 6.16. The number of hydrogen-bond acceptors (Lipinski definition) is 2. The maximum atomic E-state index is 5.85. The summed E-state index contributed by atoms with van der Waals surface area (Å²) in [4.78, 5) is 2.41. The number of likely N-dealkylation sites (N-methyl/N-ethyl adjacent to an activating group) is 1. The number of nitrogens with zero attached hydrogens (tertiary/aromatic N) is 1. The molecule has 2 heteroatoms. The maximum Gasteiger partial charge on any atom is 0.0247 e. The van der Waals surface area contributed by atoms with Gasteiger partial charge in [-0.2, -0.15) is 0 Å². The Bertz CT molecular complexity index is 327. The average Bonchev–Trinajstić information content (AvgIpc) is 3.07. The molecule has 1 atom stereocenters. The predicted octanol–water partition coefficient (Wildman–Crippen LogP) is 2.16. The quantitative estimate of drug-likeness (QED) is 0.820. The zero-order valence-corrected chi connectivity index (χ0v) is 10.3. The van der Waals surface area contributed by atoms with Gasteiger partial charge in [-0.3, -0.25) is 4.90 Å². The van der Waals surface area contributed by atoms with Gasteiger partial charge in [-0.15, -0.1) is 0 Å². The number of aryl methyl sites for hydroxylation is 1. The molecule has 0 saturated heterocycles. The summed E-state index contributed by atoms with van der Waals surface area (Å²) in [6.45, 7) is 3.92. The van der Waals surface area contributed by atoms with Crippen molar-refractivity contribution < 1.29 is 0 Å². The molecule has 1 aliphatic rings. The molecule has 1 aromatic rings. The van der Waals surface area contributed by atoms with Crippen LogP contribution in [-0.4, -0.2) is 24.5 Å². The van der Waals surface area contributed by atoms with Crippen LogP contribution in [0.25, 0.3) is 0 Å². The standard InChI is InChI=1S/C14H22N2/c1-11-3-5-12(6-4-11)10-16(2)14(9-15)13-7-8-13/h3-6,13-14H,7-10,15H2,1-2H3. The molecular weight excluding hydrogens is 196 g/mol. The minimum Gasteiger partial charge on any atom is -0.329 e. The lowest BCUT2D eigenvalue weighted by Crippen LogP contribution is -2.39. The van der Waals surface area contributed by atoms with Crippen LogP contribution in [-0.2, 0) is 6.54 Å². The van der Waals surface area contributed by atoms with E-state index in [1.165, 1.54) is 24.0 Å². The van der Waals surface area contributed by atoms with Crippen molar-refractivity contribution in [2.24, 2.45) is 11.7 Å². The minimum atomic E-state index is 0.571. The van der Waals surface area contributed by atoms with Gasteiger partial charge in [0.05, 0.1) is 0 Å². The van der Waals surface area contributed by atoms with Gasteiger partial charge in [0.2, 0.25) is 0 Å². The van der Waals surface area contributed by atoms with Crippen molar-refractivity contribution in [2.75, 3.05) is 13.6 Å². The molecule has 1 fully saturated rings. The third-order valence-corrected chi connectivity index (χ3v) is 3.53. The smallest absolute Gasteiger partial charge is 0.0247 e. The fourth-order valence-electron chi connectivity index (χ4n) is 2.31. The highest BCUT2D eigenvalue weighted by molar-refractivity contribution is 5.21. The molecule has 16 heavy (non-hydrogen) atoms. The van der Waals surface area contributed by atoms with E-state index in [2.05, 4.69) is 43.1 Å². The van der Waals surface area contributed by atoms with Crippen molar-refractivity contribution in [3.63, 3.8) is 0 Å². The molecule has 1 aliphatic carbocycles. The summed E-state index contributed by atoms with van der Waals surface area (Å²) in [5, 5.41) is 0. The van der Waals surface area contributed by atoms with E-state index in [9.17, 15) is 0 Å². The van der Waals surface area contributed by atoms with E-state index in [4.69, 9.17) is 5.73 Å². The van der Waals surface area contributed by atoms with Crippen LogP contribution in [0.2, 0.25) is 0 Å². The summed E-state index contributed by atoms with van der Waals surface area (Å²) in [6.07, 6.45) is 2.72. The molecule has 0 bridgehead atoms. The molecule has 0 aliphatic heterocycles. The number of rotatable bonds is 5. The molecule has 2 rings (SSSR count). The first-order chi connectivity index (χ1) is 7.70. The van der Waals surface area contributed by atoms with Gasteiger partial charge < -0.3 is 5.73 Å². The Kier molecular flexibility index (Phi) is 3.62. The third kappa shape index (κ3) is 2.83. The Morgan fingerprint density at radius 2 is 1.94 bits per heavy atom. The average molecular weight is 218 g/mol. The van der Waals surface area contributed by atoms with Crippen LogP contribution in [0.3, 0.4) is 0 Å². The van der Waals surface area contributed by atoms with Crippen molar-refractivity contribution >= 4 is 0 Å². The van der Waals surface area contributed by atoms with E-state index in [-0.39, 0.29) is 0 Å². The minimum absolute atomic E-state index is 0.571. The molecule has 1 saturated carbocycles. The lowest BCUT2D eigenvalue weighted by molar-refractivity contribution is 0.215. The van der Waals surface area contributed by atoms with Gasteiger partial charge in [0.15, 0.2) is 0 Å². The Labute approximate surface area is 98.4 Å². The first kappa shape index (κ1) is 11.6. The molecule has 0 aromatic heterocycles. The predicted molar refractivity (Wildman–Crippen MR) is 68.2 cm³/mol. The molecule has 0 amide bonds. The highest BCUT2D eigenvalue weighted by Gasteiger charge is 2.32. The SMILES string of the molecule is Cc1ccc(CN(C)C(CN)C2CC2)cc1. The molecule has 88 valence electrons. The van der Waals surface area contributed by atoms with Crippen LogP contribution < -0.4 is 5.73 Å². The van der Waals surface area contributed by atoms with Gasteiger partial charge in [0.25, 0.3) is 0 Å². The molecule has 0 radical (unpaired) electrons. The van der Waals surface area contributed by atoms with Crippen LogP contribution in [0.5, 0.6) is 0 Å². The topological polar surface area (TPSA) is 29.3 Å². The summed E-state index contributed by atoms with van der Waals surface area (Å²) in [5.74, 6) is 0.848. The van der Waals surface area contributed by atoms with Gasteiger partial charge in [0, 0.05) is 19.1 Å². The highest BCUT2D eigenvalue weighted by atomic mass is 15.1. The molecule has 2 nitrogen and oxygen atoms in total. The van der Waals surface area contributed by atoms with Gasteiger partial charge in [-0.25, -0.2) is 0 Å². The Morgan fingerprint density at radius 1 is 1.31 bits per heavy atom. The number of nitrogens with two attached hydrogens (primary N) is 1. The van der Waals surface area contributed by atoms with Crippen LogP contribution >= 0.6 is 0 Å². The van der Waals surface area contributed by atoms with Crippen molar-refractivity contribution in [2.45, 2.75) is 32.4 Å². The summed E-state index contributed by atoms with van der Waals surface area (Å²) in [6, 6.07) is 9.36. The summed E-state index contributed by atoms with van der Waals surface area (Å²) in [7, 11) is 2.19. The number of hydrogen-bond donors (Lipinski definition) is 1. The second-order valence-electron chi connectivity index (χ2n) is 5.04. The van der Waals surface area contributed by atoms with Gasteiger partial charge in [-0.05, 0) is 38.3 Å². The highest BCUT2D eigenvalue weighted by Crippen LogP contribution is 2.34. The van der Waals surface area contributed by atoms with Gasteiger partial charge in [-0.1, -0.05) is 29.8 Å².